The minimum atomic E-state index is 0.431. The molecule has 2 heterocycles. The Hall–Kier alpha value is 0.240. The normalized spacial score (nSPS) is 10.8. The van der Waals surface area contributed by atoms with Gasteiger partial charge in [-0.05, 0) is 50.7 Å². The van der Waals surface area contributed by atoms with Gasteiger partial charge in [0.15, 0.2) is 5.82 Å². The van der Waals surface area contributed by atoms with Crippen LogP contribution in [0.15, 0.2) is 15.9 Å². The smallest absolute Gasteiger partial charge is 0.171 e. The van der Waals surface area contributed by atoms with E-state index in [0.29, 0.717) is 17.6 Å². The van der Waals surface area contributed by atoms with Crippen molar-refractivity contribution in [1.29, 1.82) is 0 Å². The number of aromatic nitrogens is 2. The molecule has 0 aromatic carbocycles. The molecule has 0 saturated heterocycles. The Morgan fingerprint density at radius 3 is 2.82 bits per heavy atom. The van der Waals surface area contributed by atoms with E-state index in [9.17, 15) is 0 Å². The molecule has 0 saturated carbocycles. The Kier molecular flexibility index (Phi) is 4.76. The highest BCUT2D eigenvalue weighted by Gasteiger charge is 2.13. The zero-order valence-electron chi connectivity index (χ0n) is 8.71. The second kappa shape index (κ2) is 5.92. The lowest BCUT2D eigenvalue weighted by atomic mass is 10.4. The molecular formula is C10H7BrClIN2OS. The summed E-state index contributed by atoms with van der Waals surface area (Å²) in [6.07, 6.45) is 0. The van der Waals surface area contributed by atoms with Gasteiger partial charge in [-0.25, -0.2) is 9.97 Å². The third-order valence-corrected chi connectivity index (χ3v) is 5.30. The molecule has 0 aliphatic rings. The van der Waals surface area contributed by atoms with Gasteiger partial charge in [-0.2, -0.15) is 0 Å². The predicted octanol–water partition coefficient (Wildman–Crippen LogP) is 4.37. The maximum Gasteiger partial charge on any atom is 0.171 e. The van der Waals surface area contributed by atoms with E-state index in [2.05, 4.69) is 48.5 Å². The largest absolute Gasteiger partial charge is 0.378 e. The minimum absolute atomic E-state index is 0.431. The van der Waals surface area contributed by atoms with Crippen LogP contribution in [-0.4, -0.2) is 17.1 Å². The molecule has 2 rings (SSSR count). The van der Waals surface area contributed by atoms with E-state index in [4.69, 9.17) is 16.3 Å². The molecule has 3 nitrogen and oxygen atoms in total. The van der Waals surface area contributed by atoms with Crippen molar-refractivity contribution in [3.05, 3.63) is 30.3 Å². The van der Waals surface area contributed by atoms with Crippen molar-refractivity contribution in [1.82, 2.24) is 9.97 Å². The van der Waals surface area contributed by atoms with Gasteiger partial charge in [0.2, 0.25) is 0 Å². The third-order valence-electron chi connectivity index (χ3n) is 1.95. The van der Waals surface area contributed by atoms with E-state index in [0.717, 1.165) is 17.9 Å². The van der Waals surface area contributed by atoms with Crippen LogP contribution in [0, 0.1) is 3.57 Å². The summed E-state index contributed by atoms with van der Waals surface area (Å²) >= 11 is 13.2. The number of hydrogen-bond acceptors (Lipinski definition) is 4. The molecule has 0 radical (unpaired) electrons. The Morgan fingerprint density at radius 2 is 2.24 bits per heavy atom. The fourth-order valence-electron chi connectivity index (χ4n) is 1.24. The average Bonchev–Trinajstić information content (AvgIpc) is 2.71. The van der Waals surface area contributed by atoms with E-state index >= 15 is 0 Å². The molecule has 2 aromatic rings. The van der Waals surface area contributed by atoms with Crippen molar-refractivity contribution in [3.63, 3.8) is 0 Å². The molecular weight excluding hydrogens is 438 g/mol. The zero-order chi connectivity index (χ0) is 12.4. The lowest BCUT2D eigenvalue weighted by Gasteiger charge is -2.06. The summed E-state index contributed by atoms with van der Waals surface area (Å²) in [4.78, 5) is 9.73. The zero-order valence-corrected chi connectivity index (χ0v) is 14.0. The van der Waals surface area contributed by atoms with E-state index in [1.807, 2.05) is 12.1 Å². The lowest BCUT2D eigenvalue weighted by Crippen LogP contribution is -2.01. The molecule has 0 fully saturated rings. The molecule has 0 bridgehead atoms. The van der Waals surface area contributed by atoms with Gasteiger partial charge in [-0.15, -0.1) is 11.3 Å². The summed E-state index contributed by atoms with van der Waals surface area (Å²) in [7, 11) is 1.63. The summed E-state index contributed by atoms with van der Waals surface area (Å²) in [5.41, 5.74) is 0.813. The van der Waals surface area contributed by atoms with E-state index in [1.165, 1.54) is 0 Å². The number of ether oxygens (including phenoxy) is 1. The molecule has 0 atom stereocenters. The fourth-order valence-corrected chi connectivity index (χ4v) is 3.15. The Balaban J connectivity index is 2.48. The number of methoxy groups -OCH3 is 1. The number of thiophene rings is 1. The van der Waals surface area contributed by atoms with E-state index in [1.54, 1.807) is 18.4 Å². The summed E-state index contributed by atoms with van der Waals surface area (Å²) in [6, 6.07) is 3.93. The van der Waals surface area contributed by atoms with Crippen molar-refractivity contribution in [2.24, 2.45) is 0 Å². The first-order chi connectivity index (χ1) is 8.11. The molecule has 0 aliphatic carbocycles. The second-order valence-electron chi connectivity index (χ2n) is 3.14. The van der Waals surface area contributed by atoms with Crippen molar-refractivity contribution >= 4 is 61.5 Å². The molecule has 90 valence electrons. The molecule has 0 aliphatic heterocycles. The molecule has 7 heteroatoms. The topological polar surface area (TPSA) is 35.0 Å². The third kappa shape index (κ3) is 3.17. The van der Waals surface area contributed by atoms with Crippen LogP contribution in [0.2, 0.25) is 5.15 Å². The number of hydrogen-bond donors (Lipinski definition) is 0. The van der Waals surface area contributed by atoms with Gasteiger partial charge in [-0.1, -0.05) is 11.6 Å². The molecule has 0 spiro atoms. The Labute approximate surface area is 130 Å². The number of nitrogens with zero attached hydrogens (tertiary/aromatic N) is 2. The van der Waals surface area contributed by atoms with Crippen molar-refractivity contribution in [2.45, 2.75) is 6.61 Å². The number of halogens is 3. The van der Waals surface area contributed by atoms with Crippen LogP contribution < -0.4 is 0 Å². The van der Waals surface area contributed by atoms with Crippen LogP contribution in [0.4, 0.5) is 0 Å². The summed E-state index contributed by atoms with van der Waals surface area (Å²) in [5, 5.41) is 0.465. The first kappa shape index (κ1) is 13.7. The minimum Gasteiger partial charge on any atom is -0.378 e. The van der Waals surface area contributed by atoms with Crippen LogP contribution in [0.25, 0.3) is 10.7 Å². The van der Waals surface area contributed by atoms with Crippen LogP contribution in [-0.2, 0) is 11.3 Å². The van der Waals surface area contributed by atoms with Crippen LogP contribution in [0.5, 0.6) is 0 Å². The van der Waals surface area contributed by atoms with Crippen LogP contribution in [0.3, 0.4) is 0 Å². The van der Waals surface area contributed by atoms with Gasteiger partial charge in [0.05, 0.1) is 24.5 Å². The van der Waals surface area contributed by atoms with Crippen molar-refractivity contribution < 1.29 is 4.74 Å². The van der Waals surface area contributed by atoms with E-state index in [-0.39, 0.29) is 0 Å². The number of rotatable bonds is 3. The highest BCUT2D eigenvalue weighted by Crippen LogP contribution is 2.31. The SMILES string of the molecule is COCc1nc(-c2ccc(Br)s2)nc(Cl)c1I. The fraction of sp³-hybridized carbons (Fsp3) is 0.200. The van der Waals surface area contributed by atoms with Gasteiger partial charge < -0.3 is 4.74 Å². The van der Waals surface area contributed by atoms with Gasteiger partial charge in [0.1, 0.15) is 5.15 Å². The summed E-state index contributed by atoms with van der Waals surface area (Å²) < 4.78 is 6.98. The first-order valence-corrected chi connectivity index (χ1v) is 7.65. The second-order valence-corrected chi connectivity index (χ2v) is 7.04. The van der Waals surface area contributed by atoms with Crippen LogP contribution >= 0.6 is 61.5 Å². The highest BCUT2D eigenvalue weighted by atomic mass is 127. The van der Waals surface area contributed by atoms with Gasteiger partial charge in [0.25, 0.3) is 0 Å². The predicted molar refractivity (Wildman–Crippen MR) is 81.5 cm³/mol. The Bertz CT molecular complexity index is 549. The quantitative estimate of drug-likeness (QED) is 0.520. The van der Waals surface area contributed by atoms with Crippen molar-refractivity contribution in [3.8, 4) is 10.7 Å². The van der Waals surface area contributed by atoms with Crippen molar-refractivity contribution in [2.75, 3.05) is 7.11 Å². The summed E-state index contributed by atoms with van der Waals surface area (Å²) in [6.45, 7) is 0.431. The summed E-state index contributed by atoms with van der Waals surface area (Å²) in [5.74, 6) is 0.637. The standard InChI is InChI=1S/C10H7BrClIN2OS/c1-16-4-5-8(13)9(12)15-10(14-5)6-2-3-7(11)17-6/h2-3H,4H2,1H3. The highest BCUT2D eigenvalue weighted by molar-refractivity contribution is 14.1. The molecule has 0 N–H and O–H groups in total. The average molecular weight is 446 g/mol. The molecule has 0 unspecified atom stereocenters. The van der Waals surface area contributed by atoms with Crippen LogP contribution in [0.1, 0.15) is 5.69 Å². The van der Waals surface area contributed by atoms with Gasteiger partial charge in [-0.3, -0.25) is 0 Å². The van der Waals surface area contributed by atoms with Gasteiger partial charge in [0, 0.05) is 7.11 Å². The monoisotopic (exact) mass is 444 g/mol. The van der Waals surface area contributed by atoms with Gasteiger partial charge >= 0.3 is 0 Å². The Morgan fingerprint density at radius 1 is 1.47 bits per heavy atom. The maximum atomic E-state index is 6.09. The lowest BCUT2D eigenvalue weighted by molar-refractivity contribution is 0.181. The molecule has 2 aromatic heterocycles. The van der Waals surface area contributed by atoms with E-state index < -0.39 is 0 Å². The first-order valence-electron chi connectivity index (χ1n) is 4.58. The molecule has 0 amide bonds. The molecule has 17 heavy (non-hydrogen) atoms. The maximum absolute atomic E-state index is 6.09.